The lowest BCUT2D eigenvalue weighted by molar-refractivity contribution is -0.131. The summed E-state index contributed by atoms with van der Waals surface area (Å²) >= 11 is 39.0. The van der Waals surface area contributed by atoms with E-state index in [0.717, 1.165) is 162 Å². The topological polar surface area (TPSA) is 216 Å². The fraction of sp³-hybridized carbons (Fsp3) is 0.486. The number of Topliss-reactive ketones (excluding diaryl/α,β-unsaturated/α-hetero) is 3. The second-order valence-corrected chi connectivity index (χ2v) is 27.8. The summed E-state index contributed by atoms with van der Waals surface area (Å²) in [4.78, 5) is 64.6. The number of likely N-dealkylation sites (tertiary alicyclic amines) is 1. The van der Waals surface area contributed by atoms with Crippen molar-refractivity contribution < 1.29 is 47.3 Å². The molecule has 6 aliphatic rings. The molecule has 5 N–H and O–H groups in total. The molecule has 4 atom stereocenters. The maximum absolute atomic E-state index is 13.9. The van der Waals surface area contributed by atoms with Gasteiger partial charge >= 0.3 is 6.09 Å². The van der Waals surface area contributed by atoms with Gasteiger partial charge in [0.2, 0.25) is 0 Å². The number of morpholine rings is 1. The van der Waals surface area contributed by atoms with Crippen LogP contribution in [0.25, 0.3) is 33.4 Å². The Balaban J connectivity index is 0.000000158. The summed E-state index contributed by atoms with van der Waals surface area (Å²) in [5.41, 5.74) is 9.32. The largest absolute Gasteiger partial charge is 0.453 e. The van der Waals surface area contributed by atoms with Gasteiger partial charge in [0.15, 0.2) is 5.78 Å². The minimum atomic E-state index is -1.15. The number of amides is 1. The van der Waals surface area contributed by atoms with E-state index in [2.05, 4.69) is 41.5 Å². The Kier molecular flexibility index (Phi) is 28.2. The highest BCUT2D eigenvalue weighted by atomic mass is 35.5. The normalized spacial score (nSPS) is 20.1. The van der Waals surface area contributed by atoms with Crippen LogP contribution >= 0.6 is 69.6 Å². The number of carbonyl (C=O) groups excluding carboxylic acids is 4. The minimum Gasteiger partial charge on any atom is -0.453 e. The van der Waals surface area contributed by atoms with Crippen molar-refractivity contribution in [2.75, 3.05) is 128 Å². The number of alkyl halides is 1. The number of halogens is 7. The summed E-state index contributed by atoms with van der Waals surface area (Å²) in [7, 11) is 1.35. The number of aromatic nitrogens is 3. The Labute approximate surface area is 596 Å². The quantitative estimate of drug-likeness (QED) is 0.0453. The van der Waals surface area contributed by atoms with E-state index < -0.39 is 24.3 Å². The molecule has 6 aromatic rings. The second-order valence-electron chi connectivity index (χ2n) is 25.4. The summed E-state index contributed by atoms with van der Waals surface area (Å²) in [6.07, 6.45) is 11.0. The number of ketones is 3. The zero-order chi connectivity index (χ0) is 68.2. The summed E-state index contributed by atoms with van der Waals surface area (Å²) in [6, 6.07) is 22.9. The SMILES string of the molecule is COC(=O)N1CCC[C@H](C(=O)Cc2cc(-c3cc(NCC4CCOCC4)ccc3Cl)c(Cl)cn2)C1.O=C(Cc1cc(-c2cc(NCC3CCOCC3)ccc2Cl)c(Cl)cn1)[C@H]1CNCCO1.O=C(Cc1cc(-c2cc(NCC3CCOCC3)ccc2Cl)c(Cl)cn1)[C@H]1CNC[C@H]1F. The molecule has 0 radical (unpaired) electrons. The van der Waals surface area contributed by atoms with Crippen molar-refractivity contribution in [3.8, 4) is 33.4 Å². The highest BCUT2D eigenvalue weighted by molar-refractivity contribution is 6.38. The van der Waals surface area contributed by atoms with Crippen molar-refractivity contribution in [3.05, 3.63) is 139 Å². The highest BCUT2D eigenvalue weighted by Crippen LogP contribution is 2.39. The lowest BCUT2D eigenvalue weighted by Crippen LogP contribution is -2.43. The molecule has 9 heterocycles. The van der Waals surface area contributed by atoms with Gasteiger partial charge in [-0.3, -0.25) is 29.3 Å². The van der Waals surface area contributed by atoms with Gasteiger partial charge in [0, 0.05) is 218 Å². The van der Waals surface area contributed by atoms with Crippen molar-refractivity contribution in [1.29, 1.82) is 0 Å². The lowest BCUT2D eigenvalue weighted by atomic mass is 9.91. The van der Waals surface area contributed by atoms with Crippen molar-refractivity contribution >= 4 is 110 Å². The number of benzene rings is 3. The Morgan fingerprint density at radius 1 is 0.515 bits per heavy atom. The number of nitrogens with zero attached hydrogens (tertiary/aromatic N) is 4. The molecule has 0 bridgehead atoms. The first kappa shape index (κ1) is 73.9. The Morgan fingerprint density at radius 3 is 1.32 bits per heavy atom. The Bertz CT molecular complexity index is 3650. The van der Waals surface area contributed by atoms with Crippen LogP contribution in [-0.4, -0.2) is 168 Å². The van der Waals surface area contributed by atoms with Crippen LogP contribution in [0.5, 0.6) is 0 Å². The monoisotopic (exact) mass is 1450 g/mol. The van der Waals surface area contributed by atoms with Gasteiger partial charge in [-0.25, -0.2) is 9.18 Å². The van der Waals surface area contributed by atoms with Crippen LogP contribution in [0.3, 0.4) is 0 Å². The van der Waals surface area contributed by atoms with Crippen LogP contribution in [0.1, 0.15) is 68.4 Å². The number of piperidine rings is 1. The number of hydrogen-bond donors (Lipinski definition) is 5. The zero-order valence-corrected chi connectivity index (χ0v) is 58.9. The van der Waals surface area contributed by atoms with Crippen molar-refractivity contribution in [1.82, 2.24) is 30.5 Å². The molecule has 0 aliphatic carbocycles. The van der Waals surface area contributed by atoms with Gasteiger partial charge in [0.1, 0.15) is 23.8 Å². The molecular weight excluding hydrogens is 1370 g/mol. The molecule has 18 nitrogen and oxygen atoms in total. The van der Waals surface area contributed by atoms with E-state index >= 15 is 0 Å². The molecule has 520 valence electrons. The van der Waals surface area contributed by atoms with E-state index in [1.807, 2.05) is 66.7 Å². The molecule has 12 rings (SSSR count). The average Bonchev–Trinajstić information content (AvgIpc) is 1.03. The number of hydrogen-bond acceptors (Lipinski definition) is 17. The van der Waals surface area contributed by atoms with Crippen molar-refractivity contribution in [2.24, 2.45) is 29.6 Å². The van der Waals surface area contributed by atoms with Gasteiger partial charge in [-0.1, -0.05) is 69.6 Å². The molecule has 0 unspecified atom stereocenters. The number of methoxy groups -OCH3 is 1. The maximum atomic E-state index is 13.9. The molecule has 0 saturated carbocycles. The van der Waals surface area contributed by atoms with Crippen molar-refractivity contribution in [3.63, 3.8) is 0 Å². The molecule has 3 aromatic carbocycles. The fourth-order valence-corrected chi connectivity index (χ4v) is 14.0. The van der Waals surface area contributed by atoms with Gasteiger partial charge in [-0.05, 0) is 142 Å². The van der Waals surface area contributed by atoms with Crippen LogP contribution in [0.4, 0.5) is 26.2 Å². The zero-order valence-electron chi connectivity index (χ0n) is 54.4. The maximum Gasteiger partial charge on any atom is 0.409 e. The first-order chi connectivity index (χ1) is 47.0. The van der Waals surface area contributed by atoms with Crippen LogP contribution < -0.4 is 26.6 Å². The lowest BCUT2D eigenvalue weighted by Gasteiger charge is -2.30. The number of anilines is 3. The van der Waals surface area contributed by atoms with E-state index in [4.69, 9.17) is 93.3 Å². The number of ether oxygens (including phenoxy) is 5. The van der Waals surface area contributed by atoms with Gasteiger partial charge in [-0.2, -0.15) is 0 Å². The molecule has 6 fully saturated rings. The van der Waals surface area contributed by atoms with E-state index in [9.17, 15) is 23.6 Å². The number of rotatable bonds is 21. The molecular formula is C72H84Cl6FN9O9. The molecule has 3 aromatic heterocycles. The number of nitrogens with one attached hydrogen (secondary N) is 5. The predicted molar refractivity (Wildman–Crippen MR) is 382 cm³/mol. The molecule has 6 saturated heterocycles. The summed E-state index contributed by atoms with van der Waals surface area (Å²) < 4.78 is 40.6. The molecule has 1 amide bonds. The highest BCUT2D eigenvalue weighted by Gasteiger charge is 2.34. The van der Waals surface area contributed by atoms with Crippen LogP contribution in [0.15, 0.2) is 91.4 Å². The predicted octanol–water partition coefficient (Wildman–Crippen LogP) is 14.0. The van der Waals surface area contributed by atoms with E-state index in [-0.39, 0.29) is 49.1 Å². The third kappa shape index (κ3) is 21.4. The third-order valence-electron chi connectivity index (χ3n) is 18.5. The third-order valence-corrected chi connectivity index (χ3v) is 20.4. The minimum absolute atomic E-state index is 0.00551. The average molecular weight is 1450 g/mol. The Morgan fingerprint density at radius 2 is 0.928 bits per heavy atom. The van der Waals surface area contributed by atoms with Crippen molar-refractivity contribution in [2.45, 2.75) is 82.9 Å². The van der Waals surface area contributed by atoms with Gasteiger partial charge in [-0.15, -0.1) is 0 Å². The first-order valence-electron chi connectivity index (χ1n) is 33.4. The van der Waals surface area contributed by atoms with Gasteiger partial charge < -0.3 is 55.2 Å². The summed E-state index contributed by atoms with van der Waals surface area (Å²) in [5, 5.41) is 19.8. The standard InChI is InChI=1S/C26H31Cl2N3O4.C23H26Cl2FN3O2.C23H27Cl2N3O3/c1-34-26(33)31-8-2-3-18(16-31)25(32)13-20-12-22(24(28)15-30-20)21-11-19(4-5-23(21)27)29-14-17-6-9-35-10-7-17;24-20-2-1-15(28-10-14-3-5-31-6-4-14)7-17(20)18-8-16(29-12-21(18)25)9-23(30)19-11-27-13-22(19)26;24-20-2-1-16(27-12-15-3-6-30-7-4-15)9-18(20)19-10-17(28-13-21(19)25)11-22(29)23-14-26-5-8-31-23/h4-5,11-12,15,17-18,29H,2-3,6-10,13-14,16H2,1H3;1-2,7-8,12,14,19,22,27-28H,3-6,9-11,13H2;1-2,9-10,13,15,23,26-27H,3-8,11-12,14H2/t18-;19-,22+;23-/m001/s1. The summed E-state index contributed by atoms with van der Waals surface area (Å²) in [5.74, 6) is 0.817. The Hall–Kier alpha value is -5.78. The summed E-state index contributed by atoms with van der Waals surface area (Å²) in [6.45, 7) is 11.0. The van der Waals surface area contributed by atoms with Gasteiger partial charge in [0.05, 0.1) is 41.1 Å². The second kappa shape index (κ2) is 37.1. The molecule has 25 heteroatoms. The van der Waals surface area contributed by atoms with Crippen LogP contribution in [0.2, 0.25) is 30.1 Å². The van der Waals surface area contributed by atoms with Gasteiger partial charge in [0.25, 0.3) is 0 Å². The van der Waals surface area contributed by atoms with Crippen LogP contribution in [0, 0.1) is 29.6 Å². The van der Waals surface area contributed by atoms with E-state index in [0.29, 0.717) is 103 Å². The van der Waals surface area contributed by atoms with E-state index in [1.54, 1.807) is 23.4 Å². The van der Waals surface area contributed by atoms with Crippen LogP contribution in [-0.2, 0) is 57.3 Å². The van der Waals surface area contributed by atoms with E-state index in [1.165, 1.54) is 13.3 Å². The first-order valence-corrected chi connectivity index (χ1v) is 35.7. The number of carbonyl (C=O) groups is 4. The fourth-order valence-electron chi connectivity index (χ4n) is 12.7. The number of pyridine rings is 3. The molecule has 0 spiro atoms. The molecule has 6 aliphatic heterocycles. The molecule has 97 heavy (non-hydrogen) atoms. The smallest absolute Gasteiger partial charge is 0.409 e.